The van der Waals surface area contributed by atoms with Crippen molar-refractivity contribution in [3.63, 3.8) is 0 Å². The van der Waals surface area contributed by atoms with E-state index < -0.39 is 0 Å². The molecule has 0 amide bonds. The second-order valence-electron chi connectivity index (χ2n) is 1.72. The van der Waals surface area contributed by atoms with Gasteiger partial charge in [-0.05, 0) is 0 Å². The summed E-state index contributed by atoms with van der Waals surface area (Å²) in [5, 5.41) is 0. The molecule has 0 aliphatic rings. The van der Waals surface area contributed by atoms with Crippen LogP contribution in [0.3, 0.4) is 0 Å². The summed E-state index contributed by atoms with van der Waals surface area (Å²) in [6.45, 7) is 8.69. The summed E-state index contributed by atoms with van der Waals surface area (Å²) in [5.41, 5.74) is 0. The van der Waals surface area contributed by atoms with E-state index in [2.05, 4.69) is 42.2 Å². The third-order valence-corrected chi connectivity index (χ3v) is 0. The van der Waals surface area contributed by atoms with Gasteiger partial charge in [-0.1, -0.05) is 33.4 Å². The van der Waals surface area contributed by atoms with Crippen molar-refractivity contribution >= 4 is 22.7 Å². The summed E-state index contributed by atoms with van der Waals surface area (Å²) >= 11 is 3.41. The lowest BCUT2D eigenvalue weighted by Crippen LogP contribution is -1.77. The Kier molecular flexibility index (Phi) is 15.0. The highest BCUT2D eigenvalue weighted by Gasteiger charge is 1.75. The van der Waals surface area contributed by atoms with E-state index >= 15 is 0 Å². The van der Waals surface area contributed by atoms with Crippen LogP contribution in [0.1, 0.15) is 20.3 Å². The molecule has 46 valence electrons. The molecule has 0 heterocycles. The maximum atomic E-state index is 3.41. The number of hydrogen-bond donors (Lipinski definition) is 0. The minimum atomic E-state index is -0.326. The highest BCUT2D eigenvalue weighted by Crippen LogP contribution is 1.85. The maximum absolute atomic E-state index is 3.41. The predicted molar refractivity (Wildman–Crippen MR) is 43.8 cm³/mol. The number of rotatable bonds is 0. The highest BCUT2D eigenvalue weighted by molar-refractivity contribution is 9.24. The van der Waals surface area contributed by atoms with Crippen LogP contribution in [0.4, 0.5) is 0 Å². The molecule has 0 bridgehead atoms. The molecular formula is C5H15BrSi. The fourth-order valence-corrected chi connectivity index (χ4v) is 0. The zero-order valence-corrected chi connectivity index (χ0v) is 8.40. The molecule has 0 aliphatic heterocycles. The van der Waals surface area contributed by atoms with Gasteiger partial charge in [-0.2, -0.15) is 0 Å². The molecule has 0 aromatic heterocycles. The number of hydrogen-bond acceptors (Lipinski definition) is 0. The van der Waals surface area contributed by atoms with Gasteiger partial charge >= 0.3 is 0 Å². The van der Waals surface area contributed by atoms with E-state index in [1.165, 1.54) is 6.42 Å². The zero-order valence-electron chi connectivity index (χ0n) is 5.66. The Hall–Kier alpha value is 0.697. The van der Waals surface area contributed by atoms with Gasteiger partial charge in [0, 0.05) is 0 Å². The topological polar surface area (TPSA) is 0 Å². The van der Waals surface area contributed by atoms with E-state index in [1.54, 1.807) is 0 Å². The lowest BCUT2D eigenvalue weighted by atomic mass is 10.6. The molecule has 0 unspecified atom stereocenters. The molecule has 0 rings (SSSR count). The van der Waals surface area contributed by atoms with Crippen LogP contribution in [-0.4, -0.2) is 7.42 Å². The van der Waals surface area contributed by atoms with Crippen LogP contribution >= 0.6 is 15.3 Å². The van der Waals surface area contributed by atoms with Crippen molar-refractivity contribution in [1.29, 1.82) is 0 Å². The van der Waals surface area contributed by atoms with E-state index in [0.717, 1.165) is 0 Å². The fraction of sp³-hybridized carbons (Fsp3) is 1.00. The largest absolute Gasteiger partial charge is 0.131 e. The molecule has 0 radical (unpaired) electrons. The first-order valence-corrected chi connectivity index (χ1v) is 8.28. The van der Waals surface area contributed by atoms with Crippen molar-refractivity contribution < 1.29 is 0 Å². The second-order valence-corrected chi connectivity index (χ2v) is 9.24. The van der Waals surface area contributed by atoms with Gasteiger partial charge in [-0.15, -0.1) is 15.3 Å². The summed E-state index contributed by atoms with van der Waals surface area (Å²) < 4.78 is 0. The molecule has 0 nitrogen and oxygen atoms in total. The second kappa shape index (κ2) is 9.85. The van der Waals surface area contributed by atoms with Crippen LogP contribution in [0, 0.1) is 0 Å². The van der Waals surface area contributed by atoms with E-state index in [9.17, 15) is 0 Å². The van der Waals surface area contributed by atoms with Gasteiger partial charge in [0.2, 0.25) is 0 Å². The zero-order chi connectivity index (χ0) is 6.28. The summed E-state index contributed by atoms with van der Waals surface area (Å²) in [6, 6.07) is 0. The van der Waals surface area contributed by atoms with Crippen molar-refractivity contribution in [3.05, 3.63) is 0 Å². The predicted octanol–water partition coefficient (Wildman–Crippen LogP) is 2.78. The van der Waals surface area contributed by atoms with Gasteiger partial charge in [-0.25, -0.2) is 0 Å². The lowest BCUT2D eigenvalue weighted by molar-refractivity contribution is 1.09. The van der Waals surface area contributed by atoms with Gasteiger partial charge in [0.15, 0.2) is 0 Å². The van der Waals surface area contributed by atoms with Gasteiger partial charge in [0.1, 0.15) is 7.42 Å². The quantitative estimate of drug-likeness (QED) is 0.400. The minimum Gasteiger partial charge on any atom is -0.131 e. The highest BCUT2D eigenvalue weighted by atomic mass is 79.9. The maximum Gasteiger partial charge on any atom is 0.108 e. The molecule has 0 N–H and O–H groups in total. The van der Waals surface area contributed by atoms with Crippen molar-refractivity contribution in [2.24, 2.45) is 0 Å². The Morgan fingerprint density at radius 1 is 1.29 bits per heavy atom. The van der Waals surface area contributed by atoms with Crippen molar-refractivity contribution in [1.82, 2.24) is 0 Å². The standard InChI is InChI=1S/C3H8.C2H7BrSi/c1-3-2;1-4(2)3/h3H2,1-2H3;4H,1-2H3. The van der Waals surface area contributed by atoms with E-state index in [0.29, 0.717) is 0 Å². The van der Waals surface area contributed by atoms with Crippen molar-refractivity contribution in [3.8, 4) is 0 Å². The Labute approximate surface area is 56.5 Å². The first-order valence-electron chi connectivity index (χ1n) is 2.79. The normalized spacial score (nSPS) is 7.71. The first-order chi connectivity index (χ1) is 3.15. The lowest BCUT2D eigenvalue weighted by Gasteiger charge is -1.72. The van der Waals surface area contributed by atoms with Crippen LogP contribution in [0.15, 0.2) is 0 Å². The van der Waals surface area contributed by atoms with Crippen molar-refractivity contribution in [2.45, 2.75) is 33.4 Å². The smallest absolute Gasteiger partial charge is 0.108 e. The molecule has 0 fully saturated rings. The molecule has 2 heteroatoms. The Bertz CT molecular complexity index is 19.3. The van der Waals surface area contributed by atoms with Gasteiger partial charge in [0.25, 0.3) is 0 Å². The summed E-state index contributed by atoms with van der Waals surface area (Å²) in [4.78, 5) is 0. The third kappa shape index (κ3) is 304. The third-order valence-electron chi connectivity index (χ3n) is 0. The molecular weight excluding hydrogens is 168 g/mol. The summed E-state index contributed by atoms with van der Waals surface area (Å²) in [6.07, 6.45) is 1.25. The average molecular weight is 183 g/mol. The Balaban J connectivity index is 0. The van der Waals surface area contributed by atoms with E-state index in [4.69, 9.17) is 0 Å². The molecule has 0 atom stereocenters. The molecule has 0 saturated heterocycles. The summed E-state index contributed by atoms with van der Waals surface area (Å²) in [7, 11) is -0.326. The summed E-state index contributed by atoms with van der Waals surface area (Å²) in [5.74, 6) is 0. The van der Waals surface area contributed by atoms with Crippen LogP contribution in [-0.2, 0) is 0 Å². The molecule has 0 spiro atoms. The van der Waals surface area contributed by atoms with Crippen LogP contribution in [0.5, 0.6) is 0 Å². The molecule has 0 aromatic carbocycles. The van der Waals surface area contributed by atoms with Gasteiger partial charge in [0.05, 0.1) is 0 Å². The Morgan fingerprint density at radius 3 is 1.29 bits per heavy atom. The van der Waals surface area contributed by atoms with E-state index in [-0.39, 0.29) is 7.42 Å². The molecule has 0 saturated carbocycles. The number of halogens is 1. The monoisotopic (exact) mass is 182 g/mol. The van der Waals surface area contributed by atoms with Crippen LogP contribution < -0.4 is 0 Å². The SMILES string of the molecule is CCC.C[SiH](C)Br. The van der Waals surface area contributed by atoms with E-state index in [1.807, 2.05) is 0 Å². The fourth-order valence-electron chi connectivity index (χ4n) is 0. The molecule has 7 heavy (non-hydrogen) atoms. The molecule has 0 aliphatic carbocycles. The molecule has 0 aromatic rings. The Morgan fingerprint density at radius 2 is 1.29 bits per heavy atom. The van der Waals surface area contributed by atoms with Crippen LogP contribution in [0.2, 0.25) is 13.1 Å². The van der Waals surface area contributed by atoms with Crippen molar-refractivity contribution in [2.75, 3.05) is 0 Å². The first kappa shape index (κ1) is 10.6. The van der Waals surface area contributed by atoms with Gasteiger partial charge in [-0.3, -0.25) is 0 Å². The average Bonchev–Trinajstić information content (AvgIpc) is 1.33. The van der Waals surface area contributed by atoms with Crippen LogP contribution in [0.25, 0.3) is 0 Å². The minimum absolute atomic E-state index is 0.326. The van der Waals surface area contributed by atoms with Gasteiger partial charge < -0.3 is 0 Å².